The number of ether oxygens (including phenoxy) is 2. The number of hydrogen-bond acceptors (Lipinski definition) is 6. The van der Waals surface area contributed by atoms with Gasteiger partial charge in [-0.05, 0) is 18.2 Å². The van der Waals surface area contributed by atoms with E-state index in [1.165, 1.54) is 14.2 Å². The fourth-order valence-corrected chi connectivity index (χ4v) is 2.09. The second-order valence-electron chi connectivity index (χ2n) is 5.83. The van der Waals surface area contributed by atoms with Gasteiger partial charge in [0, 0.05) is 30.4 Å². The van der Waals surface area contributed by atoms with E-state index in [0.29, 0.717) is 18.8 Å². The van der Waals surface area contributed by atoms with E-state index >= 15 is 0 Å². The van der Waals surface area contributed by atoms with Gasteiger partial charge in [0.2, 0.25) is 5.91 Å². The summed E-state index contributed by atoms with van der Waals surface area (Å²) >= 11 is 0. The number of anilines is 2. The first kappa shape index (κ1) is 20.5. The van der Waals surface area contributed by atoms with Crippen LogP contribution in [0.4, 0.5) is 11.4 Å². The Bertz CT molecular complexity index is 581. The van der Waals surface area contributed by atoms with Crippen LogP contribution in [0, 0.1) is 5.92 Å². The average Bonchev–Trinajstić information content (AvgIpc) is 2.61. The van der Waals surface area contributed by atoms with Crippen molar-refractivity contribution in [1.82, 2.24) is 0 Å². The Labute approximate surface area is 148 Å². The van der Waals surface area contributed by atoms with Crippen molar-refractivity contribution >= 4 is 29.2 Å². The molecule has 1 rings (SSSR count). The summed E-state index contributed by atoms with van der Waals surface area (Å²) in [5, 5.41) is 2.84. The van der Waals surface area contributed by atoms with Gasteiger partial charge in [0.15, 0.2) is 0 Å². The lowest BCUT2D eigenvalue weighted by molar-refractivity contribution is -0.140. The molecule has 0 saturated carbocycles. The van der Waals surface area contributed by atoms with Gasteiger partial charge in [-0.3, -0.25) is 14.4 Å². The molecule has 0 heterocycles. The summed E-state index contributed by atoms with van der Waals surface area (Å²) in [5.41, 5.74) is 1.46. The van der Waals surface area contributed by atoms with E-state index in [1.54, 1.807) is 6.07 Å². The minimum atomic E-state index is -0.327. The molecule has 1 aromatic carbocycles. The minimum Gasteiger partial charge on any atom is -0.469 e. The summed E-state index contributed by atoms with van der Waals surface area (Å²) in [5.74, 6) is -0.856. The topological polar surface area (TPSA) is 84.9 Å². The summed E-state index contributed by atoms with van der Waals surface area (Å²) in [6.07, 6.45) is 0.389. The molecule has 1 amide bonds. The first-order valence-electron chi connectivity index (χ1n) is 8.17. The Balaban J connectivity index is 2.89. The molecule has 0 atom stereocenters. The first-order chi connectivity index (χ1) is 11.9. The van der Waals surface area contributed by atoms with E-state index in [4.69, 9.17) is 0 Å². The maximum atomic E-state index is 11.9. The molecule has 0 aliphatic carbocycles. The lowest BCUT2D eigenvalue weighted by Crippen LogP contribution is -2.29. The van der Waals surface area contributed by atoms with Gasteiger partial charge in [0.1, 0.15) is 0 Å². The van der Waals surface area contributed by atoms with Gasteiger partial charge < -0.3 is 19.7 Å². The van der Waals surface area contributed by atoms with E-state index in [1.807, 2.05) is 36.9 Å². The fraction of sp³-hybridized carbons (Fsp3) is 0.500. The van der Waals surface area contributed by atoms with Crippen LogP contribution in [0.25, 0.3) is 0 Å². The smallest absolute Gasteiger partial charge is 0.307 e. The summed E-state index contributed by atoms with van der Waals surface area (Å²) in [7, 11) is 2.67. The third kappa shape index (κ3) is 7.24. The van der Waals surface area contributed by atoms with Crippen molar-refractivity contribution in [2.75, 3.05) is 37.5 Å². The van der Waals surface area contributed by atoms with E-state index in [9.17, 15) is 14.4 Å². The standard InChI is InChI=1S/C18H26N2O5/c1-13(2)18(23)19-14-6-5-7-15(12-14)20(10-8-16(21)24-3)11-9-17(22)25-4/h5-7,12-13H,8-11H2,1-4H3,(H,19,23). The molecule has 0 saturated heterocycles. The molecule has 0 aromatic heterocycles. The van der Waals surface area contributed by atoms with Crippen molar-refractivity contribution in [2.24, 2.45) is 5.92 Å². The Morgan fingerprint density at radius 1 is 1.04 bits per heavy atom. The van der Waals surface area contributed by atoms with Gasteiger partial charge in [-0.25, -0.2) is 0 Å². The van der Waals surface area contributed by atoms with Crippen LogP contribution in [0.2, 0.25) is 0 Å². The number of carbonyl (C=O) groups excluding carboxylic acids is 3. The SMILES string of the molecule is COC(=O)CCN(CCC(=O)OC)c1cccc(NC(=O)C(C)C)c1. The van der Waals surface area contributed by atoms with Crippen molar-refractivity contribution in [3.63, 3.8) is 0 Å². The molecule has 0 aliphatic heterocycles. The Hall–Kier alpha value is -2.57. The third-order valence-corrected chi connectivity index (χ3v) is 3.63. The zero-order valence-corrected chi connectivity index (χ0v) is 15.2. The van der Waals surface area contributed by atoms with Gasteiger partial charge in [-0.2, -0.15) is 0 Å². The molecule has 0 spiro atoms. The molecular weight excluding hydrogens is 324 g/mol. The van der Waals surface area contributed by atoms with Crippen LogP contribution in [0.1, 0.15) is 26.7 Å². The van der Waals surface area contributed by atoms with E-state index < -0.39 is 0 Å². The number of nitrogens with zero attached hydrogens (tertiary/aromatic N) is 1. The average molecular weight is 350 g/mol. The molecule has 138 valence electrons. The van der Waals surface area contributed by atoms with Crippen molar-refractivity contribution < 1.29 is 23.9 Å². The number of esters is 2. The Kier molecular flexibility index (Phi) is 8.46. The predicted octanol–water partition coefficient (Wildman–Crippen LogP) is 2.21. The number of hydrogen-bond donors (Lipinski definition) is 1. The second-order valence-corrected chi connectivity index (χ2v) is 5.83. The number of amides is 1. The number of methoxy groups -OCH3 is 2. The summed E-state index contributed by atoms with van der Waals surface area (Å²) in [4.78, 5) is 36.6. The molecule has 1 aromatic rings. The largest absolute Gasteiger partial charge is 0.469 e. The van der Waals surface area contributed by atoms with Crippen LogP contribution < -0.4 is 10.2 Å². The molecule has 1 N–H and O–H groups in total. The maximum absolute atomic E-state index is 11.9. The van der Waals surface area contributed by atoms with Crippen LogP contribution in [-0.4, -0.2) is 45.2 Å². The number of rotatable bonds is 9. The molecule has 25 heavy (non-hydrogen) atoms. The molecule has 7 heteroatoms. The minimum absolute atomic E-state index is 0.0761. The molecule has 0 aliphatic rings. The molecule has 0 bridgehead atoms. The summed E-state index contributed by atoms with van der Waals surface area (Å²) < 4.78 is 9.34. The maximum Gasteiger partial charge on any atom is 0.307 e. The monoisotopic (exact) mass is 350 g/mol. The van der Waals surface area contributed by atoms with Crippen LogP contribution >= 0.6 is 0 Å². The van der Waals surface area contributed by atoms with Gasteiger partial charge in [0.05, 0.1) is 27.1 Å². The van der Waals surface area contributed by atoms with Crippen molar-refractivity contribution in [3.8, 4) is 0 Å². The van der Waals surface area contributed by atoms with E-state index in [2.05, 4.69) is 14.8 Å². The normalized spacial score (nSPS) is 10.3. The molecule has 7 nitrogen and oxygen atoms in total. The van der Waals surface area contributed by atoms with Crippen molar-refractivity contribution in [1.29, 1.82) is 0 Å². The highest BCUT2D eigenvalue weighted by atomic mass is 16.5. The van der Waals surface area contributed by atoms with E-state index in [0.717, 1.165) is 5.69 Å². The lowest BCUT2D eigenvalue weighted by Gasteiger charge is -2.24. The van der Waals surface area contributed by atoms with Gasteiger partial charge in [-0.15, -0.1) is 0 Å². The molecule has 0 fully saturated rings. The van der Waals surface area contributed by atoms with Crippen molar-refractivity contribution in [3.05, 3.63) is 24.3 Å². The van der Waals surface area contributed by atoms with Crippen LogP contribution in [0.3, 0.4) is 0 Å². The van der Waals surface area contributed by atoms with Gasteiger partial charge in [-0.1, -0.05) is 19.9 Å². The quantitative estimate of drug-likeness (QED) is 0.688. The molecular formula is C18H26N2O5. The Morgan fingerprint density at radius 2 is 1.60 bits per heavy atom. The van der Waals surface area contributed by atoms with Crippen LogP contribution in [-0.2, 0) is 23.9 Å². The number of benzene rings is 1. The Morgan fingerprint density at radius 3 is 2.08 bits per heavy atom. The zero-order chi connectivity index (χ0) is 18.8. The molecule has 0 radical (unpaired) electrons. The third-order valence-electron chi connectivity index (χ3n) is 3.63. The van der Waals surface area contributed by atoms with Gasteiger partial charge >= 0.3 is 11.9 Å². The number of carbonyl (C=O) groups is 3. The van der Waals surface area contributed by atoms with E-state index in [-0.39, 0.29) is 36.6 Å². The van der Waals surface area contributed by atoms with Gasteiger partial charge in [0.25, 0.3) is 0 Å². The fourth-order valence-electron chi connectivity index (χ4n) is 2.09. The second kappa shape index (κ2) is 10.3. The molecule has 0 unspecified atom stereocenters. The zero-order valence-electron chi connectivity index (χ0n) is 15.2. The van der Waals surface area contributed by atoms with Crippen LogP contribution in [0.5, 0.6) is 0 Å². The summed E-state index contributed by atoms with van der Waals surface area (Å²) in [6.45, 7) is 4.42. The highest BCUT2D eigenvalue weighted by Crippen LogP contribution is 2.21. The highest BCUT2D eigenvalue weighted by Gasteiger charge is 2.13. The number of nitrogens with one attached hydrogen (secondary N) is 1. The lowest BCUT2D eigenvalue weighted by atomic mass is 10.2. The predicted molar refractivity (Wildman–Crippen MR) is 95.4 cm³/mol. The van der Waals surface area contributed by atoms with Crippen molar-refractivity contribution in [2.45, 2.75) is 26.7 Å². The highest BCUT2D eigenvalue weighted by molar-refractivity contribution is 5.92. The summed E-state index contributed by atoms with van der Waals surface area (Å²) in [6, 6.07) is 7.28. The van der Waals surface area contributed by atoms with Crippen LogP contribution in [0.15, 0.2) is 24.3 Å². The first-order valence-corrected chi connectivity index (χ1v) is 8.17.